The number of ether oxygens (including phenoxy) is 1. The molecule has 0 saturated carbocycles. The standard InChI is InChI=1S/C14H19ClN2O2/c1-19-13-9-16-7-5-12(13)14(18)17-8-2-3-11(10-17)4-6-15/h5,7,9,11H,2-4,6,8,10H2,1H3. The van der Waals surface area contributed by atoms with Crippen molar-refractivity contribution in [2.24, 2.45) is 5.92 Å². The van der Waals surface area contributed by atoms with Gasteiger partial charge in [-0.25, -0.2) is 0 Å². The SMILES string of the molecule is COc1cnccc1C(=O)N1CCCC(CCCl)C1. The molecule has 1 fully saturated rings. The Balaban J connectivity index is 2.10. The monoisotopic (exact) mass is 282 g/mol. The number of pyridine rings is 1. The minimum absolute atomic E-state index is 0.0264. The Labute approximate surface area is 118 Å². The minimum atomic E-state index is 0.0264. The first-order valence-corrected chi connectivity index (χ1v) is 7.13. The van der Waals surface area contributed by atoms with Crippen LogP contribution in [0.5, 0.6) is 5.75 Å². The molecule has 2 heterocycles. The average Bonchev–Trinajstić information content (AvgIpc) is 2.47. The van der Waals surface area contributed by atoms with Crippen molar-refractivity contribution in [1.82, 2.24) is 9.88 Å². The van der Waals surface area contributed by atoms with E-state index in [2.05, 4.69) is 4.98 Å². The topological polar surface area (TPSA) is 42.4 Å². The van der Waals surface area contributed by atoms with Crippen molar-refractivity contribution in [3.05, 3.63) is 24.0 Å². The lowest BCUT2D eigenvalue weighted by Gasteiger charge is -2.32. The number of hydrogen-bond donors (Lipinski definition) is 0. The molecule has 1 amide bonds. The number of methoxy groups -OCH3 is 1. The zero-order valence-corrected chi connectivity index (χ0v) is 11.9. The molecule has 0 aromatic carbocycles. The third-order valence-electron chi connectivity index (χ3n) is 3.56. The number of aromatic nitrogens is 1. The van der Waals surface area contributed by atoms with Gasteiger partial charge in [0.05, 0.1) is 18.9 Å². The van der Waals surface area contributed by atoms with E-state index in [1.165, 1.54) is 0 Å². The third-order valence-corrected chi connectivity index (χ3v) is 3.78. The van der Waals surface area contributed by atoms with E-state index in [-0.39, 0.29) is 5.91 Å². The normalized spacial score (nSPS) is 19.3. The number of carbonyl (C=O) groups is 1. The van der Waals surface area contributed by atoms with E-state index in [1.807, 2.05) is 4.90 Å². The van der Waals surface area contributed by atoms with E-state index in [1.54, 1.807) is 25.6 Å². The highest BCUT2D eigenvalue weighted by Crippen LogP contribution is 2.24. The van der Waals surface area contributed by atoms with Crippen LogP contribution in [0.4, 0.5) is 0 Å². The molecule has 19 heavy (non-hydrogen) atoms. The quantitative estimate of drug-likeness (QED) is 0.797. The summed E-state index contributed by atoms with van der Waals surface area (Å²) in [7, 11) is 1.56. The van der Waals surface area contributed by atoms with Gasteiger partial charge in [-0.1, -0.05) is 0 Å². The second kappa shape index (κ2) is 6.75. The van der Waals surface area contributed by atoms with E-state index in [4.69, 9.17) is 16.3 Å². The van der Waals surface area contributed by atoms with Gasteiger partial charge in [-0.15, -0.1) is 11.6 Å². The number of piperidine rings is 1. The van der Waals surface area contributed by atoms with Crippen molar-refractivity contribution in [2.45, 2.75) is 19.3 Å². The molecule has 0 radical (unpaired) electrons. The average molecular weight is 283 g/mol. The molecule has 4 nitrogen and oxygen atoms in total. The maximum atomic E-state index is 12.5. The summed E-state index contributed by atoms with van der Waals surface area (Å²) in [6.07, 6.45) is 6.37. The Hall–Kier alpha value is -1.29. The largest absolute Gasteiger partial charge is 0.494 e. The Morgan fingerprint density at radius 2 is 2.47 bits per heavy atom. The van der Waals surface area contributed by atoms with Gasteiger partial charge in [0.1, 0.15) is 5.75 Å². The first-order chi connectivity index (χ1) is 9.26. The number of hydrogen-bond acceptors (Lipinski definition) is 3. The molecule has 1 aliphatic heterocycles. The molecule has 1 unspecified atom stereocenters. The first kappa shape index (κ1) is 14.1. The number of rotatable bonds is 4. The maximum absolute atomic E-state index is 12.5. The zero-order valence-electron chi connectivity index (χ0n) is 11.1. The summed E-state index contributed by atoms with van der Waals surface area (Å²) in [4.78, 5) is 18.4. The van der Waals surface area contributed by atoms with Crippen molar-refractivity contribution in [3.63, 3.8) is 0 Å². The Morgan fingerprint density at radius 3 is 3.21 bits per heavy atom. The summed E-state index contributed by atoms with van der Waals surface area (Å²) in [5.41, 5.74) is 0.587. The van der Waals surface area contributed by atoms with Crippen molar-refractivity contribution in [2.75, 3.05) is 26.1 Å². The molecule has 0 bridgehead atoms. The fourth-order valence-corrected chi connectivity index (χ4v) is 2.84. The molecule has 1 aromatic rings. The number of alkyl halides is 1. The molecule has 1 atom stereocenters. The molecule has 0 spiro atoms. The Kier molecular flexibility index (Phi) is 5.02. The second-order valence-corrected chi connectivity index (χ2v) is 5.19. The van der Waals surface area contributed by atoms with Crippen LogP contribution in [0.1, 0.15) is 29.6 Å². The first-order valence-electron chi connectivity index (χ1n) is 6.59. The number of likely N-dealkylation sites (tertiary alicyclic amines) is 1. The van der Waals surface area contributed by atoms with Gasteiger partial charge < -0.3 is 9.64 Å². The molecule has 1 saturated heterocycles. The molecule has 1 aliphatic rings. The summed E-state index contributed by atoms with van der Waals surface area (Å²) in [6, 6.07) is 1.71. The van der Waals surface area contributed by atoms with Gasteiger partial charge in [-0.2, -0.15) is 0 Å². The van der Waals surface area contributed by atoms with Crippen LogP contribution in [-0.2, 0) is 0 Å². The molecule has 5 heteroatoms. The minimum Gasteiger partial charge on any atom is -0.494 e. The highest BCUT2D eigenvalue weighted by Gasteiger charge is 2.25. The Morgan fingerprint density at radius 1 is 1.63 bits per heavy atom. The highest BCUT2D eigenvalue weighted by atomic mass is 35.5. The third kappa shape index (κ3) is 3.38. The number of carbonyl (C=O) groups excluding carboxylic acids is 1. The van der Waals surface area contributed by atoms with Gasteiger partial charge in [0.2, 0.25) is 0 Å². The fourth-order valence-electron chi connectivity index (χ4n) is 2.53. The number of amides is 1. The van der Waals surface area contributed by atoms with E-state index >= 15 is 0 Å². The van der Waals surface area contributed by atoms with Crippen molar-refractivity contribution >= 4 is 17.5 Å². The van der Waals surface area contributed by atoms with Crippen molar-refractivity contribution < 1.29 is 9.53 Å². The summed E-state index contributed by atoms with van der Waals surface area (Å²) in [5.74, 6) is 1.74. The molecule has 1 aromatic heterocycles. The molecule has 0 N–H and O–H groups in total. The van der Waals surface area contributed by atoms with Gasteiger partial charge in [0, 0.05) is 25.2 Å². The van der Waals surface area contributed by atoms with Gasteiger partial charge in [-0.05, 0) is 31.2 Å². The maximum Gasteiger partial charge on any atom is 0.257 e. The lowest BCUT2D eigenvalue weighted by atomic mass is 9.95. The molecule has 104 valence electrons. The lowest BCUT2D eigenvalue weighted by Crippen LogP contribution is -2.40. The zero-order chi connectivity index (χ0) is 13.7. The second-order valence-electron chi connectivity index (χ2n) is 4.81. The van der Waals surface area contributed by atoms with Gasteiger partial charge in [0.25, 0.3) is 5.91 Å². The summed E-state index contributed by atoms with van der Waals surface area (Å²) < 4.78 is 5.20. The van der Waals surface area contributed by atoms with Crippen molar-refractivity contribution in [3.8, 4) is 5.75 Å². The van der Waals surface area contributed by atoms with Crippen LogP contribution in [-0.4, -0.2) is 41.9 Å². The van der Waals surface area contributed by atoms with Crippen LogP contribution in [0, 0.1) is 5.92 Å². The van der Waals surface area contributed by atoms with Crippen LogP contribution < -0.4 is 4.74 Å². The lowest BCUT2D eigenvalue weighted by molar-refractivity contribution is 0.0668. The van der Waals surface area contributed by atoms with Crippen LogP contribution >= 0.6 is 11.6 Å². The van der Waals surface area contributed by atoms with Gasteiger partial charge in [-0.3, -0.25) is 9.78 Å². The van der Waals surface area contributed by atoms with Crippen LogP contribution in [0.15, 0.2) is 18.5 Å². The van der Waals surface area contributed by atoms with Gasteiger partial charge in [0.15, 0.2) is 0 Å². The molecular formula is C14H19ClN2O2. The van der Waals surface area contributed by atoms with E-state index in [0.29, 0.717) is 23.1 Å². The van der Waals surface area contributed by atoms with Crippen LogP contribution in [0.2, 0.25) is 0 Å². The van der Waals surface area contributed by atoms with E-state index in [9.17, 15) is 4.79 Å². The van der Waals surface area contributed by atoms with Crippen LogP contribution in [0.3, 0.4) is 0 Å². The molecule has 2 rings (SSSR count). The highest BCUT2D eigenvalue weighted by molar-refractivity contribution is 6.17. The summed E-state index contributed by atoms with van der Waals surface area (Å²) >= 11 is 5.80. The molecular weight excluding hydrogens is 264 g/mol. The van der Waals surface area contributed by atoms with E-state index in [0.717, 1.165) is 32.4 Å². The molecule has 0 aliphatic carbocycles. The fraction of sp³-hybridized carbons (Fsp3) is 0.571. The number of nitrogens with zero attached hydrogens (tertiary/aromatic N) is 2. The summed E-state index contributed by atoms with van der Waals surface area (Å²) in [6.45, 7) is 1.60. The van der Waals surface area contributed by atoms with Crippen molar-refractivity contribution in [1.29, 1.82) is 0 Å². The summed E-state index contributed by atoms with van der Waals surface area (Å²) in [5, 5.41) is 0. The predicted molar refractivity (Wildman–Crippen MR) is 74.8 cm³/mol. The smallest absolute Gasteiger partial charge is 0.257 e. The van der Waals surface area contributed by atoms with Gasteiger partial charge >= 0.3 is 0 Å². The van der Waals surface area contributed by atoms with Crippen LogP contribution in [0.25, 0.3) is 0 Å². The van der Waals surface area contributed by atoms with E-state index < -0.39 is 0 Å². The Bertz CT molecular complexity index is 437. The number of halogens is 1. The predicted octanol–water partition coefficient (Wildman–Crippen LogP) is 2.57.